The molecule has 2 aromatic heterocycles. The SMILES string of the molecule is CC(C)(O)CC(=O)N1CCN(C(=O)c2cn3nc(-c4ccc(F)cc4)cc(C(C)(C)C)c3n2)C(C)(C)C1. The van der Waals surface area contributed by atoms with E-state index in [1.807, 2.05) is 19.9 Å². The van der Waals surface area contributed by atoms with Crippen LogP contribution in [0.1, 0.15) is 70.9 Å². The van der Waals surface area contributed by atoms with Crippen molar-refractivity contribution in [1.29, 1.82) is 0 Å². The fourth-order valence-electron chi connectivity index (χ4n) is 4.76. The summed E-state index contributed by atoms with van der Waals surface area (Å²) in [4.78, 5) is 34.5. The first-order valence-corrected chi connectivity index (χ1v) is 12.5. The van der Waals surface area contributed by atoms with Crippen molar-refractivity contribution in [3.63, 3.8) is 0 Å². The van der Waals surface area contributed by atoms with Crippen LogP contribution in [-0.2, 0) is 10.2 Å². The Bertz CT molecular complexity index is 1330. The summed E-state index contributed by atoms with van der Waals surface area (Å²) in [5, 5.41) is 14.7. The van der Waals surface area contributed by atoms with Gasteiger partial charge in [-0.2, -0.15) is 5.10 Å². The highest BCUT2D eigenvalue weighted by Crippen LogP contribution is 2.31. The molecule has 8 nitrogen and oxygen atoms in total. The number of amides is 2. The first-order valence-electron chi connectivity index (χ1n) is 12.5. The summed E-state index contributed by atoms with van der Waals surface area (Å²) >= 11 is 0. The highest BCUT2D eigenvalue weighted by atomic mass is 19.1. The van der Waals surface area contributed by atoms with Gasteiger partial charge < -0.3 is 14.9 Å². The van der Waals surface area contributed by atoms with E-state index in [1.165, 1.54) is 12.1 Å². The van der Waals surface area contributed by atoms with Gasteiger partial charge in [-0.25, -0.2) is 13.9 Å². The lowest BCUT2D eigenvalue weighted by atomic mass is 9.87. The van der Waals surface area contributed by atoms with E-state index in [0.29, 0.717) is 31.0 Å². The fraction of sp³-hybridized carbons (Fsp3) is 0.500. The van der Waals surface area contributed by atoms with Gasteiger partial charge in [0.15, 0.2) is 5.65 Å². The molecule has 0 spiro atoms. The molecule has 0 atom stereocenters. The molecule has 9 heteroatoms. The normalized spacial score (nSPS) is 16.4. The number of piperazine rings is 1. The van der Waals surface area contributed by atoms with E-state index in [0.717, 1.165) is 11.1 Å². The number of halogens is 1. The fourth-order valence-corrected chi connectivity index (χ4v) is 4.76. The second-order valence-electron chi connectivity index (χ2n) is 12.2. The van der Waals surface area contributed by atoms with Crippen molar-refractivity contribution in [3.8, 4) is 11.3 Å². The molecule has 0 saturated carbocycles. The molecule has 3 aromatic rings. The van der Waals surface area contributed by atoms with Crippen molar-refractivity contribution in [3.05, 3.63) is 53.6 Å². The summed E-state index contributed by atoms with van der Waals surface area (Å²) in [6.07, 6.45) is 1.67. The highest BCUT2D eigenvalue weighted by molar-refractivity contribution is 5.94. The molecule has 1 aliphatic heterocycles. The Kier molecular flexibility index (Phi) is 6.65. The van der Waals surface area contributed by atoms with Crippen molar-refractivity contribution in [1.82, 2.24) is 24.4 Å². The summed E-state index contributed by atoms with van der Waals surface area (Å²) in [5.74, 6) is -0.679. The molecule has 0 bridgehead atoms. The zero-order valence-electron chi connectivity index (χ0n) is 22.7. The molecule has 0 unspecified atom stereocenters. The molecule has 1 aliphatic rings. The highest BCUT2D eigenvalue weighted by Gasteiger charge is 2.40. The Morgan fingerprint density at radius 3 is 2.30 bits per heavy atom. The number of nitrogens with zero attached hydrogens (tertiary/aromatic N) is 5. The van der Waals surface area contributed by atoms with Gasteiger partial charge in [-0.3, -0.25) is 9.59 Å². The molecule has 198 valence electrons. The average Bonchev–Trinajstić information content (AvgIpc) is 3.20. The smallest absolute Gasteiger partial charge is 0.274 e. The second kappa shape index (κ2) is 9.20. The maximum absolute atomic E-state index is 13.7. The van der Waals surface area contributed by atoms with Gasteiger partial charge in [-0.15, -0.1) is 0 Å². The van der Waals surface area contributed by atoms with Gasteiger partial charge in [0.05, 0.1) is 29.5 Å². The van der Waals surface area contributed by atoms with Crippen LogP contribution in [0.2, 0.25) is 0 Å². The number of carbonyl (C=O) groups excluding carboxylic acids is 2. The Labute approximate surface area is 217 Å². The molecule has 1 fully saturated rings. The van der Waals surface area contributed by atoms with Crippen molar-refractivity contribution in [2.45, 2.75) is 71.4 Å². The lowest BCUT2D eigenvalue weighted by molar-refractivity contribution is -0.139. The first kappa shape index (κ1) is 26.7. The van der Waals surface area contributed by atoms with Gasteiger partial charge in [-0.1, -0.05) is 20.8 Å². The number of aromatic nitrogens is 3. The Morgan fingerprint density at radius 2 is 1.73 bits per heavy atom. The topological polar surface area (TPSA) is 91.0 Å². The summed E-state index contributed by atoms with van der Waals surface area (Å²) in [6, 6.07) is 8.10. The number of imidazole rings is 1. The predicted octanol–water partition coefficient (Wildman–Crippen LogP) is 4.06. The second-order valence-corrected chi connectivity index (χ2v) is 12.2. The van der Waals surface area contributed by atoms with E-state index in [1.54, 1.807) is 46.5 Å². The molecule has 0 radical (unpaired) electrons. The van der Waals surface area contributed by atoms with Gasteiger partial charge in [0.2, 0.25) is 5.91 Å². The first-order chi connectivity index (χ1) is 17.0. The van der Waals surface area contributed by atoms with Crippen LogP contribution < -0.4 is 0 Å². The maximum atomic E-state index is 13.7. The number of hydrogen-bond acceptors (Lipinski definition) is 5. The van der Waals surface area contributed by atoms with Crippen LogP contribution >= 0.6 is 0 Å². The van der Waals surface area contributed by atoms with E-state index in [2.05, 4.69) is 25.9 Å². The van der Waals surface area contributed by atoms with Crippen molar-refractivity contribution >= 4 is 17.5 Å². The van der Waals surface area contributed by atoms with Gasteiger partial charge >= 0.3 is 0 Å². The van der Waals surface area contributed by atoms with Crippen LogP contribution in [0.25, 0.3) is 16.9 Å². The number of hydrogen-bond donors (Lipinski definition) is 1. The minimum absolute atomic E-state index is 0.0289. The van der Waals surface area contributed by atoms with Crippen LogP contribution in [0.15, 0.2) is 36.5 Å². The molecule has 4 rings (SSSR count). The third-order valence-corrected chi connectivity index (χ3v) is 6.68. The average molecular weight is 510 g/mol. The number of rotatable bonds is 4. The Balaban J connectivity index is 1.66. The Hall–Kier alpha value is -3.33. The molecule has 3 heterocycles. The van der Waals surface area contributed by atoms with Crippen LogP contribution in [0.4, 0.5) is 4.39 Å². The monoisotopic (exact) mass is 509 g/mol. The third kappa shape index (κ3) is 5.66. The van der Waals surface area contributed by atoms with Crippen molar-refractivity contribution in [2.75, 3.05) is 19.6 Å². The molecular formula is C28H36FN5O3. The number of carbonyl (C=O) groups is 2. The van der Waals surface area contributed by atoms with E-state index >= 15 is 0 Å². The lowest BCUT2D eigenvalue weighted by Gasteiger charge is -2.47. The van der Waals surface area contributed by atoms with Crippen LogP contribution in [0.3, 0.4) is 0 Å². The van der Waals surface area contributed by atoms with Gasteiger partial charge in [0, 0.05) is 30.8 Å². The number of fused-ring (bicyclic) bond motifs is 1. The van der Waals surface area contributed by atoms with E-state index in [9.17, 15) is 19.1 Å². The summed E-state index contributed by atoms with van der Waals surface area (Å²) in [5.41, 5.74) is 1.22. The lowest BCUT2D eigenvalue weighted by Crippen LogP contribution is -2.62. The molecule has 0 aliphatic carbocycles. The largest absolute Gasteiger partial charge is 0.390 e. The third-order valence-electron chi connectivity index (χ3n) is 6.68. The maximum Gasteiger partial charge on any atom is 0.274 e. The van der Waals surface area contributed by atoms with Crippen molar-refractivity contribution in [2.24, 2.45) is 0 Å². The molecule has 1 aromatic carbocycles. The minimum atomic E-state index is -1.09. The van der Waals surface area contributed by atoms with Crippen LogP contribution in [0, 0.1) is 5.82 Å². The summed E-state index contributed by atoms with van der Waals surface area (Å²) in [7, 11) is 0. The molecule has 2 amide bonds. The van der Waals surface area contributed by atoms with E-state index < -0.39 is 11.1 Å². The van der Waals surface area contributed by atoms with Gasteiger partial charge in [0.1, 0.15) is 11.5 Å². The predicted molar refractivity (Wildman–Crippen MR) is 140 cm³/mol. The van der Waals surface area contributed by atoms with E-state index in [-0.39, 0.29) is 35.2 Å². The standard InChI is InChI=1S/C28H36FN5O3/c1-26(2,3)20-14-21(18-8-10-19(29)11-9-18)31-34-16-22(30-24(20)34)25(36)33-13-12-32(17-27(33,4)5)23(35)15-28(6,7)37/h8-11,14,16,37H,12-13,15,17H2,1-7H3. The Morgan fingerprint density at radius 1 is 1.08 bits per heavy atom. The quantitative estimate of drug-likeness (QED) is 0.573. The molecule has 1 saturated heterocycles. The van der Waals surface area contributed by atoms with Crippen molar-refractivity contribution < 1.29 is 19.1 Å². The zero-order chi connectivity index (χ0) is 27.3. The molecule has 1 N–H and O–H groups in total. The van der Waals surface area contributed by atoms with Gasteiger partial charge in [-0.05, 0) is 63.4 Å². The summed E-state index contributed by atoms with van der Waals surface area (Å²) < 4.78 is 15.1. The molecule has 37 heavy (non-hydrogen) atoms. The zero-order valence-corrected chi connectivity index (χ0v) is 22.7. The van der Waals surface area contributed by atoms with Crippen LogP contribution in [-0.4, -0.2) is 72.1 Å². The number of aliphatic hydroxyl groups is 1. The minimum Gasteiger partial charge on any atom is -0.390 e. The number of benzene rings is 1. The van der Waals surface area contributed by atoms with E-state index in [4.69, 9.17) is 4.98 Å². The van der Waals surface area contributed by atoms with Crippen LogP contribution in [0.5, 0.6) is 0 Å². The summed E-state index contributed by atoms with van der Waals surface area (Å²) in [6.45, 7) is 14.4. The molecular weight excluding hydrogens is 473 g/mol. The van der Waals surface area contributed by atoms with Gasteiger partial charge in [0.25, 0.3) is 5.91 Å².